The van der Waals surface area contributed by atoms with Gasteiger partial charge in [-0.1, -0.05) is 74.5 Å². The number of aryl methyl sites for hydroxylation is 1. The van der Waals surface area contributed by atoms with Crippen LogP contribution < -0.4 is 10.6 Å². The van der Waals surface area contributed by atoms with Crippen molar-refractivity contribution in [2.75, 3.05) is 17.6 Å². The molecule has 0 bridgehead atoms. The average Bonchev–Trinajstić information content (AvgIpc) is 2.88. The maximum Gasteiger partial charge on any atom is 0.408 e. The topological polar surface area (TPSA) is 108 Å². The number of benzene rings is 2. The first-order chi connectivity index (χ1) is 18.9. The number of ether oxygens (including phenoxy) is 1. The van der Waals surface area contributed by atoms with Gasteiger partial charge >= 0.3 is 6.09 Å². The summed E-state index contributed by atoms with van der Waals surface area (Å²) < 4.78 is 5.35. The van der Waals surface area contributed by atoms with Crippen LogP contribution in [-0.2, 0) is 14.3 Å². The van der Waals surface area contributed by atoms with Crippen molar-refractivity contribution in [2.45, 2.75) is 84.4 Å². The zero-order chi connectivity index (χ0) is 29.9. The first-order valence-corrected chi connectivity index (χ1v) is 14.6. The Balaban J connectivity index is 2.52. The van der Waals surface area contributed by atoms with Gasteiger partial charge in [0.2, 0.25) is 5.91 Å². The van der Waals surface area contributed by atoms with E-state index in [2.05, 4.69) is 30.2 Å². The number of anilines is 1. The standard InChI is InChI=1S/C30H42ClN3O5S/c1-6-7-8-9-12-18-34(28(37)23(19-40)32-29(38)39-30(3,4)5)26(21-15-10-11-17-24(21)35)27(36)33-25-20(2)14-13-16-22(25)31/h10-11,13-17,23,26,35,40H,6-9,12,18-19H2,1-5H3,(H,32,38)(H,33,36). The highest BCUT2D eigenvalue weighted by Crippen LogP contribution is 2.33. The van der Waals surface area contributed by atoms with E-state index in [-0.39, 0.29) is 23.6 Å². The van der Waals surface area contributed by atoms with Gasteiger partial charge in [0.1, 0.15) is 23.4 Å². The predicted molar refractivity (Wildman–Crippen MR) is 163 cm³/mol. The molecule has 3 N–H and O–H groups in total. The van der Waals surface area contributed by atoms with Crippen LogP contribution in [0.4, 0.5) is 10.5 Å². The SMILES string of the molecule is CCCCCCCN(C(=O)C(CS)NC(=O)OC(C)(C)C)C(C(=O)Nc1c(C)cccc1Cl)c1ccccc1O. The van der Waals surface area contributed by atoms with Crippen LogP contribution >= 0.6 is 24.2 Å². The summed E-state index contributed by atoms with van der Waals surface area (Å²) in [6.45, 7) is 9.32. The van der Waals surface area contributed by atoms with Crippen molar-refractivity contribution in [1.29, 1.82) is 0 Å². The molecule has 0 aliphatic rings. The molecule has 0 heterocycles. The lowest BCUT2D eigenvalue weighted by Crippen LogP contribution is -2.53. The van der Waals surface area contributed by atoms with Crippen LogP contribution in [0, 0.1) is 6.92 Å². The summed E-state index contributed by atoms with van der Waals surface area (Å²) in [5, 5.41) is 16.6. The summed E-state index contributed by atoms with van der Waals surface area (Å²) in [5.41, 5.74) is 0.650. The zero-order valence-electron chi connectivity index (χ0n) is 24.0. The van der Waals surface area contributed by atoms with Crippen LogP contribution in [0.3, 0.4) is 0 Å². The van der Waals surface area contributed by atoms with Crippen molar-refractivity contribution in [3.05, 3.63) is 58.6 Å². The van der Waals surface area contributed by atoms with Gasteiger partial charge in [0.25, 0.3) is 5.91 Å². The molecular formula is C30H42ClN3O5S. The van der Waals surface area contributed by atoms with Crippen LogP contribution in [0.15, 0.2) is 42.5 Å². The molecule has 0 aromatic heterocycles. The Morgan fingerprint density at radius 3 is 2.33 bits per heavy atom. The molecule has 0 spiro atoms. The lowest BCUT2D eigenvalue weighted by molar-refractivity contribution is -0.140. The molecule has 40 heavy (non-hydrogen) atoms. The highest BCUT2D eigenvalue weighted by molar-refractivity contribution is 7.80. The molecular weight excluding hydrogens is 550 g/mol. The molecule has 0 saturated heterocycles. The number of alkyl carbamates (subject to hydrolysis) is 1. The van der Waals surface area contributed by atoms with Gasteiger partial charge in [0, 0.05) is 17.9 Å². The van der Waals surface area contributed by atoms with Crippen LogP contribution in [0.5, 0.6) is 5.75 Å². The van der Waals surface area contributed by atoms with E-state index in [1.165, 1.54) is 11.0 Å². The van der Waals surface area contributed by atoms with Gasteiger partial charge < -0.3 is 25.4 Å². The highest BCUT2D eigenvalue weighted by Gasteiger charge is 2.37. The molecule has 0 fully saturated rings. The number of amides is 3. The van der Waals surface area contributed by atoms with Crippen molar-refractivity contribution in [3.63, 3.8) is 0 Å². The van der Waals surface area contributed by atoms with Gasteiger partial charge in [-0.2, -0.15) is 12.6 Å². The van der Waals surface area contributed by atoms with Crippen LogP contribution in [0.1, 0.15) is 77.0 Å². The fourth-order valence-corrected chi connectivity index (χ4v) is 4.76. The minimum Gasteiger partial charge on any atom is -0.508 e. The molecule has 2 rings (SSSR count). The third kappa shape index (κ3) is 9.93. The molecule has 2 unspecified atom stereocenters. The highest BCUT2D eigenvalue weighted by atomic mass is 35.5. The van der Waals surface area contributed by atoms with E-state index >= 15 is 0 Å². The minimum atomic E-state index is -1.21. The second-order valence-corrected chi connectivity index (χ2v) is 11.5. The summed E-state index contributed by atoms with van der Waals surface area (Å²) in [5.74, 6) is -1.22. The molecule has 2 aromatic carbocycles. The summed E-state index contributed by atoms with van der Waals surface area (Å²) in [6, 6.07) is 9.38. The molecule has 10 heteroatoms. The summed E-state index contributed by atoms with van der Waals surface area (Å²) in [4.78, 5) is 42.0. The van der Waals surface area contributed by atoms with Crippen molar-refractivity contribution < 1.29 is 24.2 Å². The third-order valence-corrected chi connectivity index (χ3v) is 6.90. The molecule has 8 nitrogen and oxygen atoms in total. The minimum absolute atomic E-state index is 0.0247. The second-order valence-electron chi connectivity index (χ2n) is 10.7. The molecule has 2 aromatic rings. The molecule has 3 amide bonds. The van der Waals surface area contributed by atoms with Gasteiger partial charge in [-0.25, -0.2) is 4.79 Å². The van der Waals surface area contributed by atoms with Crippen LogP contribution in [0.2, 0.25) is 5.02 Å². The number of nitrogens with one attached hydrogen (secondary N) is 2. The average molecular weight is 592 g/mol. The lowest BCUT2D eigenvalue weighted by Gasteiger charge is -2.34. The number of halogens is 1. The maximum atomic E-state index is 14.0. The van der Waals surface area contributed by atoms with Crippen molar-refractivity contribution in [1.82, 2.24) is 10.2 Å². The number of aromatic hydroxyl groups is 1. The summed E-state index contributed by atoms with van der Waals surface area (Å²) in [6.07, 6.45) is 3.81. The molecule has 0 aliphatic heterocycles. The van der Waals surface area contributed by atoms with E-state index in [4.69, 9.17) is 16.3 Å². The molecule has 0 saturated carbocycles. The largest absolute Gasteiger partial charge is 0.508 e. The number of phenolic OH excluding ortho intramolecular Hbond substituents is 1. The molecule has 0 aliphatic carbocycles. The Labute approximate surface area is 248 Å². The van der Waals surface area contributed by atoms with E-state index < -0.39 is 35.6 Å². The number of thiol groups is 1. The number of phenols is 1. The Morgan fingerprint density at radius 1 is 1.05 bits per heavy atom. The number of rotatable bonds is 13. The molecule has 0 radical (unpaired) electrons. The first kappa shape index (κ1) is 33.3. The van der Waals surface area contributed by atoms with E-state index in [9.17, 15) is 19.5 Å². The van der Waals surface area contributed by atoms with E-state index in [0.717, 1.165) is 31.2 Å². The summed E-state index contributed by atoms with van der Waals surface area (Å²) >= 11 is 10.7. The number of carbonyl (C=O) groups excluding carboxylic acids is 3. The van der Waals surface area contributed by atoms with Crippen molar-refractivity contribution in [2.24, 2.45) is 0 Å². The second kappa shape index (κ2) is 15.8. The number of para-hydroxylation sites is 2. The number of nitrogens with zero attached hydrogens (tertiary/aromatic N) is 1. The van der Waals surface area contributed by atoms with Gasteiger partial charge in [0.15, 0.2) is 0 Å². The Bertz CT molecular complexity index is 1130. The summed E-state index contributed by atoms with van der Waals surface area (Å²) in [7, 11) is 0. The monoisotopic (exact) mass is 591 g/mol. The Hall–Kier alpha value is -2.91. The Kier molecular flexibility index (Phi) is 13.1. The van der Waals surface area contributed by atoms with Gasteiger partial charge in [0.05, 0.1) is 10.7 Å². The van der Waals surface area contributed by atoms with Gasteiger partial charge in [-0.15, -0.1) is 0 Å². The number of hydrogen-bond donors (Lipinski definition) is 4. The first-order valence-electron chi connectivity index (χ1n) is 13.6. The van der Waals surface area contributed by atoms with Crippen molar-refractivity contribution in [3.8, 4) is 5.75 Å². The van der Waals surface area contributed by atoms with Crippen LogP contribution in [-0.4, -0.2) is 51.9 Å². The van der Waals surface area contributed by atoms with Crippen LogP contribution in [0.25, 0.3) is 0 Å². The number of carbonyl (C=O) groups is 3. The van der Waals surface area contributed by atoms with E-state index in [1.54, 1.807) is 51.1 Å². The normalized spacial score (nSPS) is 12.8. The lowest BCUT2D eigenvalue weighted by atomic mass is 10.0. The zero-order valence-corrected chi connectivity index (χ0v) is 25.6. The molecule has 220 valence electrons. The quantitative estimate of drug-likeness (QED) is 0.154. The predicted octanol–water partition coefficient (Wildman–Crippen LogP) is 6.66. The van der Waals surface area contributed by atoms with E-state index in [1.807, 2.05) is 13.0 Å². The number of unbranched alkanes of at least 4 members (excludes halogenated alkanes) is 4. The maximum absolute atomic E-state index is 14.0. The van der Waals surface area contributed by atoms with Gasteiger partial charge in [-0.3, -0.25) is 9.59 Å². The molecule has 2 atom stereocenters. The number of hydrogen-bond acceptors (Lipinski definition) is 6. The van der Waals surface area contributed by atoms with Gasteiger partial charge in [-0.05, 0) is 51.8 Å². The fraction of sp³-hybridized carbons (Fsp3) is 0.500. The van der Waals surface area contributed by atoms with Crippen molar-refractivity contribution >= 4 is 47.8 Å². The Morgan fingerprint density at radius 2 is 1.73 bits per heavy atom. The van der Waals surface area contributed by atoms with E-state index in [0.29, 0.717) is 17.1 Å². The third-order valence-electron chi connectivity index (χ3n) is 6.22. The smallest absolute Gasteiger partial charge is 0.408 e. The fourth-order valence-electron chi connectivity index (χ4n) is 4.24.